The molecule has 17 heavy (non-hydrogen) atoms. The summed E-state index contributed by atoms with van der Waals surface area (Å²) in [5.41, 5.74) is 6.39. The zero-order valence-electron chi connectivity index (χ0n) is 10.6. The number of carbonyl (C=O) groups is 1. The first-order chi connectivity index (χ1) is 8.08. The molecule has 1 saturated carbocycles. The van der Waals surface area contributed by atoms with E-state index in [1.807, 2.05) is 17.8 Å². The summed E-state index contributed by atoms with van der Waals surface area (Å²) in [7, 11) is 0. The zero-order chi connectivity index (χ0) is 12.5. The zero-order valence-corrected chi connectivity index (χ0v) is 10.6. The Morgan fingerprint density at radius 3 is 3.06 bits per heavy atom. The third-order valence-corrected chi connectivity index (χ3v) is 3.90. The molecule has 4 nitrogen and oxygen atoms in total. The fraction of sp³-hybridized carbons (Fsp3) is 0.692. The summed E-state index contributed by atoms with van der Waals surface area (Å²) in [6.45, 7) is 4.94. The first-order valence-electron chi connectivity index (χ1n) is 6.41. The number of carbonyl (C=O) groups excluding carboxylic acids is 1. The maximum absolute atomic E-state index is 12.5. The van der Waals surface area contributed by atoms with Gasteiger partial charge in [-0.2, -0.15) is 5.10 Å². The summed E-state index contributed by atoms with van der Waals surface area (Å²) < 4.78 is 1.83. The Hall–Kier alpha value is -1.16. The molecule has 0 aliphatic heterocycles. The Morgan fingerprint density at radius 2 is 2.47 bits per heavy atom. The van der Waals surface area contributed by atoms with Crippen molar-refractivity contribution in [2.75, 3.05) is 0 Å². The van der Waals surface area contributed by atoms with Crippen molar-refractivity contribution in [2.24, 2.45) is 11.1 Å². The van der Waals surface area contributed by atoms with Gasteiger partial charge in [-0.3, -0.25) is 9.48 Å². The SMILES string of the molecule is CCCn1cc(C(=O)C2(C)CCCC2N)cn1. The van der Waals surface area contributed by atoms with Gasteiger partial charge >= 0.3 is 0 Å². The highest BCUT2D eigenvalue weighted by Crippen LogP contribution is 2.39. The van der Waals surface area contributed by atoms with Gasteiger partial charge in [-0.25, -0.2) is 0 Å². The highest BCUT2D eigenvalue weighted by atomic mass is 16.1. The molecular formula is C13H21N3O. The van der Waals surface area contributed by atoms with Crippen LogP contribution in [0.1, 0.15) is 49.9 Å². The van der Waals surface area contributed by atoms with Gasteiger partial charge in [0.25, 0.3) is 0 Å². The van der Waals surface area contributed by atoms with E-state index in [-0.39, 0.29) is 17.2 Å². The Bertz CT molecular complexity index is 413. The average Bonchev–Trinajstić information content (AvgIpc) is 2.88. The van der Waals surface area contributed by atoms with E-state index in [1.54, 1.807) is 6.20 Å². The Kier molecular flexibility index (Phi) is 3.33. The topological polar surface area (TPSA) is 60.9 Å². The predicted molar refractivity (Wildman–Crippen MR) is 66.8 cm³/mol. The molecule has 0 aromatic carbocycles. The summed E-state index contributed by atoms with van der Waals surface area (Å²) >= 11 is 0. The molecule has 2 N–H and O–H groups in total. The van der Waals surface area contributed by atoms with Crippen LogP contribution < -0.4 is 5.73 Å². The first-order valence-corrected chi connectivity index (χ1v) is 6.41. The van der Waals surface area contributed by atoms with E-state index in [4.69, 9.17) is 5.73 Å². The van der Waals surface area contributed by atoms with Gasteiger partial charge in [-0.05, 0) is 19.3 Å². The number of hydrogen-bond acceptors (Lipinski definition) is 3. The van der Waals surface area contributed by atoms with Crippen LogP contribution in [0.15, 0.2) is 12.4 Å². The van der Waals surface area contributed by atoms with Crippen LogP contribution in [0.3, 0.4) is 0 Å². The molecule has 2 rings (SSSR count). The Labute approximate surface area is 102 Å². The molecule has 0 amide bonds. The van der Waals surface area contributed by atoms with E-state index >= 15 is 0 Å². The normalized spacial score (nSPS) is 28.5. The van der Waals surface area contributed by atoms with Crippen molar-refractivity contribution < 1.29 is 4.79 Å². The maximum Gasteiger partial charge on any atom is 0.173 e. The van der Waals surface area contributed by atoms with Crippen LogP contribution in [-0.2, 0) is 6.54 Å². The lowest BCUT2D eigenvalue weighted by molar-refractivity contribution is 0.0802. The molecule has 0 bridgehead atoms. The lowest BCUT2D eigenvalue weighted by Crippen LogP contribution is -2.41. The Morgan fingerprint density at radius 1 is 1.71 bits per heavy atom. The Balaban J connectivity index is 2.18. The molecule has 1 heterocycles. The third kappa shape index (κ3) is 2.14. The quantitative estimate of drug-likeness (QED) is 0.812. The molecule has 4 heteroatoms. The van der Waals surface area contributed by atoms with Crippen molar-refractivity contribution in [3.05, 3.63) is 18.0 Å². The summed E-state index contributed by atoms with van der Waals surface area (Å²) in [5, 5.41) is 4.21. The van der Waals surface area contributed by atoms with Crippen molar-refractivity contribution in [1.82, 2.24) is 9.78 Å². The minimum atomic E-state index is -0.389. The largest absolute Gasteiger partial charge is 0.327 e. The fourth-order valence-electron chi connectivity index (χ4n) is 2.64. The van der Waals surface area contributed by atoms with Crippen LogP contribution in [0.25, 0.3) is 0 Å². The number of aryl methyl sites for hydroxylation is 1. The van der Waals surface area contributed by atoms with E-state index in [2.05, 4.69) is 12.0 Å². The maximum atomic E-state index is 12.5. The second-order valence-electron chi connectivity index (χ2n) is 5.24. The highest BCUT2D eigenvalue weighted by molar-refractivity contribution is 6.00. The molecule has 94 valence electrons. The molecule has 2 atom stereocenters. The van der Waals surface area contributed by atoms with Gasteiger partial charge in [0.15, 0.2) is 5.78 Å². The molecule has 1 aromatic rings. The number of aromatic nitrogens is 2. The number of nitrogens with two attached hydrogens (primary N) is 1. The molecule has 1 fully saturated rings. The minimum Gasteiger partial charge on any atom is -0.327 e. The molecule has 0 saturated heterocycles. The number of hydrogen-bond donors (Lipinski definition) is 1. The van der Waals surface area contributed by atoms with Crippen LogP contribution in [0.2, 0.25) is 0 Å². The molecule has 1 aromatic heterocycles. The molecule has 0 radical (unpaired) electrons. The van der Waals surface area contributed by atoms with Crippen molar-refractivity contribution in [3.63, 3.8) is 0 Å². The van der Waals surface area contributed by atoms with Crippen LogP contribution in [0.4, 0.5) is 0 Å². The number of ketones is 1. The van der Waals surface area contributed by atoms with E-state index < -0.39 is 0 Å². The smallest absolute Gasteiger partial charge is 0.173 e. The summed E-state index contributed by atoms with van der Waals surface area (Å²) in [4.78, 5) is 12.5. The number of nitrogens with zero attached hydrogens (tertiary/aromatic N) is 2. The van der Waals surface area contributed by atoms with Crippen molar-refractivity contribution in [3.8, 4) is 0 Å². The summed E-state index contributed by atoms with van der Waals surface area (Å²) in [6.07, 6.45) is 7.44. The molecule has 0 spiro atoms. The van der Waals surface area contributed by atoms with Crippen LogP contribution in [0, 0.1) is 5.41 Å². The third-order valence-electron chi connectivity index (χ3n) is 3.90. The van der Waals surface area contributed by atoms with E-state index in [0.29, 0.717) is 5.56 Å². The lowest BCUT2D eigenvalue weighted by atomic mass is 9.79. The second-order valence-corrected chi connectivity index (χ2v) is 5.24. The number of Topliss-reactive ketones (excluding diaryl/α,β-unsaturated/α-hetero) is 1. The van der Waals surface area contributed by atoms with E-state index in [1.165, 1.54) is 0 Å². The molecule has 1 aliphatic rings. The fourth-order valence-corrected chi connectivity index (χ4v) is 2.64. The van der Waals surface area contributed by atoms with Crippen LogP contribution >= 0.6 is 0 Å². The van der Waals surface area contributed by atoms with Gasteiger partial charge in [0, 0.05) is 24.2 Å². The standard InChI is InChI=1S/C13H21N3O/c1-3-7-16-9-10(8-15-16)12(17)13(2)6-4-5-11(13)14/h8-9,11H,3-7,14H2,1-2H3. The van der Waals surface area contributed by atoms with E-state index in [9.17, 15) is 4.79 Å². The highest BCUT2D eigenvalue weighted by Gasteiger charge is 2.43. The van der Waals surface area contributed by atoms with Gasteiger partial charge in [0.05, 0.1) is 11.8 Å². The molecule has 2 unspecified atom stereocenters. The number of rotatable bonds is 4. The summed E-state index contributed by atoms with van der Waals surface area (Å²) in [5.74, 6) is 0.157. The van der Waals surface area contributed by atoms with Crippen LogP contribution in [-0.4, -0.2) is 21.6 Å². The molecular weight excluding hydrogens is 214 g/mol. The minimum absolute atomic E-state index is 0.00970. The van der Waals surface area contributed by atoms with Gasteiger partial charge in [-0.15, -0.1) is 0 Å². The average molecular weight is 235 g/mol. The van der Waals surface area contributed by atoms with Crippen molar-refractivity contribution in [1.29, 1.82) is 0 Å². The van der Waals surface area contributed by atoms with E-state index in [0.717, 1.165) is 32.2 Å². The van der Waals surface area contributed by atoms with Gasteiger partial charge in [0.1, 0.15) is 0 Å². The summed E-state index contributed by atoms with van der Waals surface area (Å²) in [6, 6.07) is -0.00970. The van der Waals surface area contributed by atoms with Crippen LogP contribution in [0.5, 0.6) is 0 Å². The van der Waals surface area contributed by atoms with Gasteiger partial charge < -0.3 is 5.73 Å². The lowest BCUT2D eigenvalue weighted by Gasteiger charge is -2.26. The second kappa shape index (κ2) is 4.61. The predicted octanol–water partition coefficient (Wildman–Crippen LogP) is 1.99. The first kappa shape index (κ1) is 12.3. The van der Waals surface area contributed by atoms with Gasteiger partial charge in [-0.1, -0.05) is 20.3 Å². The van der Waals surface area contributed by atoms with Crippen molar-refractivity contribution in [2.45, 2.75) is 52.1 Å². The van der Waals surface area contributed by atoms with Gasteiger partial charge in [0.2, 0.25) is 0 Å². The monoisotopic (exact) mass is 235 g/mol. The molecule has 1 aliphatic carbocycles. The van der Waals surface area contributed by atoms with Crippen molar-refractivity contribution >= 4 is 5.78 Å².